The molecule has 0 N–H and O–H groups in total. The Labute approximate surface area is 125 Å². The van der Waals surface area contributed by atoms with Gasteiger partial charge < -0.3 is 0 Å². The Morgan fingerprint density at radius 2 is 1.35 bits per heavy atom. The molecule has 2 aromatic carbocycles. The second kappa shape index (κ2) is 5.55. The number of hydrogen-bond acceptors (Lipinski definition) is 1. The maximum Gasteiger partial charge on any atom is 0.157 e. The lowest BCUT2D eigenvalue weighted by Crippen LogP contribution is -1.94. The zero-order chi connectivity index (χ0) is 13.9. The minimum absolute atomic E-state index is 0.300. The maximum absolute atomic E-state index is 14.7. The number of aromatic nitrogens is 1. The van der Waals surface area contributed by atoms with Crippen LogP contribution in [-0.4, -0.2) is 4.98 Å². The highest BCUT2D eigenvalue weighted by atomic mass is 79.9. The summed E-state index contributed by atoms with van der Waals surface area (Å²) < 4.78 is 15.4. The van der Waals surface area contributed by atoms with Crippen LogP contribution in [-0.2, 0) is 0 Å². The summed E-state index contributed by atoms with van der Waals surface area (Å²) in [7, 11) is 0. The third-order valence-electron chi connectivity index (χ3n) is 3.06. The molecule has 0 saturated heterocycles. The minimum Gasteiger partial charge on any atom is -0.238 e. The fourth-order valence-electron chi connectivity index (χ4n) is 2.11. The van der Waals surface area contributed by atoms with E-state index in [0.29, 0.717) is 15.9 Å². The van der Waals surface area contributed by atoms with Gasteiger partial charge in [0, 0.05) is 11.1 Å². The highest BCUT2D eigenvalue weighted by molar-refractivity contribution is 9.10. The van der Waals surface area contributed by atoms with Gasteiger partial charge in [-0.2, -0.15) is 0 Å². The summed E-state index contributed by atoms with van der Waals surface area (Å²) in [6.07, 6.45) is 0. The Kier molecular flexibility index (Phi) is 3.61. The lowest BCUT2D eigenvalue weighted by atomic mass is 10.0. The second-order valence-electron chi connectivity index (χ2n) is 4.39. The zero-order valence-corrected chi connectivity index (χ0v) is 12.1. The molecule has 3 heteroatoms. The van der Waals surface area contributed by atoms with Gasteiger partial charge in [0.05, 0.1) is 0 Å². The number of benzene rings is 2. The first-order valence-electron chi connectivity index (χ1n) is 6.22. The molecule has 20 heavy (non-hydrogen) atoms. The van der Waals surface area contributed by atoms with Gasteiger partial charge >= 0.3 is 0 Å². The largest absolute Gasteiger partial charge is 0.238 e. The van der Waals surface area contributed by atoms with Crippen molar-refractivity contribution in [3.8, 4) is 22.4 Å². The lowest BCUT2D eigenvalue weighted by Gasteiger charge is -2.09. The number of rotatable bonds is 2. The fraction of sp³-hybridized carbons (Fsp3) is 0. The third-order valence-corrected chi connectivity index (χ3v) is 3.46. The molecule has 0 fully saturated rings. The number of halogens is 2. The summed E-state index contributed by atoms with van der Waals surface area (Å²) in [6, 6.07) is 20.5. The van der Waals surface area contributed by atoms with Crippen molar-refractivity contribution >= 4 is 15.9 Å². The molecular weight excluding hydrogens is 317 g/mol. The highest BCUT2D eigenvalue weighted by Crippen LogP contribution is 2.31. The van der Waals surface area contributed by atoms with Crippen LogP contribution < -0.4 is 0 Å². The van der Waals surface area contributed by atoms with Crippen LogP contribution in [0, 0.1) is 5.82 Å². The van der Waals surface area contributed by atoms with E-state index in [1.54, 1.807) is 6.07 Å². The molecule has 0 radical (unpaired) electrons. The van der Waals surface area contributed by atoms with Crippen molar-refractivity contribution in [1.82, 2.24) is 4.98 Å². The molecule has 0 unspecified atom stereocenters. The van der Waals surface area contributed by atoms with Crippen LogP contribution in [0.5, 0.6) is 0 Å². The van der Waals surface area contributed by atoms with Crippen molar-refractivity contribution in [2.24, 2.45) is 0 Å². The predicted octanol–water partition coefficient (Wildman–Crippen LogP) is 5.32. The first-order chi connectivity index (χ1) is 9.75. The van der Waals surface area contributed by atoms with E-state index >= 15 is 0 Å². The van der Waals surface area contributed by atoms with Crippen molar-refractivity contribution in [2.45, 2.75) is 0 Å². The Balaban J connectivity index is 2.22. The van der Waals surface area contributed by atoms with Crippen LogP contribution in [0.25, 0.3) is 22.4 Å². The molecule has 0 aliphatic heterocycles. The van der Waals surface area contributed by atoms with Crippen LogP contribution in [0.1, 0.15) is 0 Å². The molecule has 3 aromatic rings. The van der Waals surface area contributed by atoms with Gasteiger partial charge in [0.25, 0.3) is 0 Å². The van der Waals surface area contributed by atoms with Crippen LogP contribution in [0.3, 0.4) is 0 Å². The average molecular weight is 328 g/mol. The second-order valence-corrected chi connectivity index (χ2v) is 5.20. The first kappa shape index (κ1) is 13.0. The Morgan fingerprint density at radius 3 is 1.95 bits per heavy atom. The quantitative estimate of drug-likeness (QED) is 0.580. The molecule has 0 spiro atoms. The van der Waals surface area contributed by atoms with Crippen LogP contribution in [0.2, 0.25) is 0 Å². The molecule has 0 atom stereocenters. The minimum atomic E-state index is -0.300. The molecule has 1 heterocycles. The fourth-order valence-corrected chi connectivity index (χ4v) is 2.52. The van der Waals surface area contributed by atoms with E-state index in [9.17, 15) is 4.39 Å². The summed E-state index contributed by atoms with van der Waals surface area (Å²) in [4.78, 5) is 4.27. The van der Waals surface area contributed by atoms with Gasteiger partial charge in [0.15, 0.2) is 5.82 Å². The van der Waals surface area contributed by atoms with Gasteiger partial charge in [0.2, 0.25) is 0 Å². The average Bonchev–Trinajstić information content (AvgIpc) is 2.51. The van der Waals surface area contributed by atoms with E-state index in [2.05, 4.69) is 20.9 Å². The Bertz CT molecular complexity index is 666. The van der Waals surface area contributed by atoms with Crippen LogP contribution >= 0.6 is 15.9 Å². The molecule has 98 valence electrons. The topological polar surface area (TPSA) is 12.9 Å². The number of nitrogens with zero attached hydrogens (tertiary/aromatic N) is 1. The Hall–Kier alpha value is -2.00. The van der Waals surface area contributed by atoms with E-state index in [0.717, 1.165) is 11.1 Å². The van der Waals surface area contributed by atoms with Crippen molar-refractivity contribution < 1.29 is 4.39 Å². The monoisotopic (exact) mass is 327 g/mol. The van der Waals surface area contributed by atoms with E-state index in [1.165, 1.54) is 0 Å². The van der Waals surface area contributed by atoms with E-state index in [1.807, 2.05) is 60.7 Å². The van der Waals surface area contributed by atoms with Gasteiger partial charge in [0.1, 0.15) is 10.3 Å². The van der Waals surface area contributed by atoms with Crippen molar-refractivity contribution in [3.63, 3.8) is 0 Å². The van der Waals surface area contributed by atoms with E-state index in [-0.39, 0.29) is 5.82 Å². The first-order valence-corrected chi connectivity index (χ1v) is 7.02. The molecule has 3 rings (SSSR count). The summed E-state index contributed by atoms with van der Waals surface area (Å²) in [6.45, 7) is 0. The number of hydrogen-bond donors (Lipinski definition) is 0. The molecular formula is C17H11BrFN. The van der Waals surface area contributed by atoms with E-state index < -0.39 is 0 Å². The number of pyridine rings is 1. The molecule has 0 aliphatic rings. The molecule has 0 amide bonds. The van der Waals surface area contributed by atoms with Crippen molar-refractivity contribution in [3.05, 3.63) is 77.2 Å². The van der Waals surface area contributed by atoms with Gasteiger partial charge in [-0.15, -0.1) is 0 Å². The molecule has 1 nitrogen and oxygen atoms in total. The van der Waals surface area contributed by atoms with Crippen molar-refractivity contribution in [2.75, 3.05) is 0 Å². The van der Waals surface area contributed by atoms with Gasteiger partial charge in [-0.1, -0.05) is 60.7 Å². The molecule has 0 aliphatic carbocycles. The van der Waals surface area contributed by atoms with Gasteiger partial charge in [-0.3, -0.25) is 0 Å². The summed E-state index contributed by atoms with van der Waals surface area (Å²) in [5.41, 5.74) is 2.51. The van der Waals surface area contributed by atoms with Gasteiger partial charge in [-0.05, 0) is 27.6 Å². The molecule has 0 bridgehead atoms. The normalized spacial score (nSPS) is 10.5. The standard InChI is InChI=1S/C17H11BrFN/c18-15-11-14(12-7-3-1-4-8-12)16(19)17(20-15)13-9-5-2-6-10-13/h1-11H. The smallest absolute Gasteiger partial charge is 0.157 e. The van der Waals surface area contributed by atoms with Crippen molar-refractivity contribution in [1.29, 1.82) is 0 Å². The van der Waals surface area contributed by atoms with Crippen LogP contribution in [0.15, 0.2) is 71.3 Å². The third kappa shape index (κ3) is 2.49. The summed E-state index contributed by atoms with van der Waals surface area (Å²) in [5, 5.41) is 0. The van der Waals surface area contributed by atoms with Crippen LogP contribution in [0.4, 0.5) is 4.39 Å². The maximum atomic E-state index is 14.7. The lowest BCUT2D eigenvalue weighted by molar-refractivity contribution is 0.628. The predicted molar refractivity (Wildman–Crippen MR) is 82.8 cm³/mol. The summed E-state index contributed by atoms with van der Waals surface area (Å²) in [5.74, 6) is -0.300. The SMILES string of the molecule is Fc1c(-c2ccccc2)cc(Br)nc1-c1ccccc1. The summed E-state index contributed by atoms with van der Waals surface area (Å²) >= 11 is 3.36. The molecule has 0 saturated carbocycles. The Morgan fingerprint density at radius 1 is 0.800 bits per heavy atom. The zero-order valence-electron chi connectivity index (χ0n) is 10.6. The highest BCUT2D eigenvalue weighted by Gasteiger charge is 2.14. The van der Waals surface area contributed by atoms with Gasteiger partial charge in [-0.25, -0.2) is 9.37 Å². The van der Waals surface area contributed by atoms with E-state index in [4.69, 9.17) is 0 Å². The molecule has 1 aromatic heterocycles.